The monoisotopic (exact) mass is 432 g/mol. The topological polar surface area (TPSA) is 93.9 Å². The molecule has 4 rings (SSSR count). The van der Waals surface area contributed by atoms with Crippen LogP contribution in [0.2, 0.25) is 0 Å². The van der Waals surface area contributed by atoms with Crippen LogP contribution in [-0.4, -0.2) is 46.6 Å². The van der Waals surface area contributed by atoms with Gasteiger partial charge in [0.2, 0.25) is 5.91 Å². The lowest BCUT2D eigenvalue weighted by Gasteiger charge is -2.17. The van der Waals surface area contributed by atoms with E-state index in [1.54, 1.807) is 6.08 Å². The zero-order valence-corrected chi connectivity index (χ0v) is 17.7. The smallest absolute Gasteiger partial charge is 0.238 e. The van der Waals surface area contributed by atoms with Crippen molar-refractivity contribution in [3.05, 3.63) is 54.4 Å². The molecule has 0 unspecified atom stereocenters. The van der Waals surface area contributed by atoms with Gasteiger partial charge in [0, 0.05) is 18.5 Å². The molecule has 2 atom stereocenters. The summed E-state index contributed by atoms with van der Waals surface area (Å²) in [4.78, 5) is 12.9. The van der Waals surface area contributed by atoms with Crippen molar-refractivity contribution in [1.82, 2.24) is 20.1 Å². The van der Waals surface area contributed by atoms with Gasteiger partial charge in [-0.2, -0.15) is 0 Å². The third-order valence-corrected chi connectivity index (χ3v) is 8.14. The van der Waals surface area contributed by atoms with E-state index in [1.807, 2.05) is 34.9 Å². The summed E-state index contributed by atoms with van der Waals surface area (Å²) in [6, 6.07) is 9.88. The number of benzene rings is 1. The van der Waals surface area contributed by atoms with E-state index >= 15 is 0 Å². The number of amides is 1. The third kappa shape index (κ3) is 4.72. The van der Waals surface area contributed by atoms with Gasteiger partial charge in [-0.15, -0.1) is 16.8 Å². The normalized spacial score (nSPS) is 21.6. The number of nitrogens with one attached hydrogen (secondary N) is 1. The molecule has 1 N–H and O–H groups in total. The molecule has 7 nitrogen and oxygen atoms in total. The molecular weight excluding hydrogens is 408 g/mol. The molecule has 29 heavy (non-hydrogen) atoms. The number of aromatic nitrogens is 3. The molecule has 2 fully saturated rings. The van der Waals surface area contributed by atoms with Crippen molar-refractivity contribution in [1.29, 1.82) is 0 Å². The van der Waals surface area contributed by atoms with Gasteiger partial charge in [-0.1, -0.05) is 48.2 Å². The van der Waals surface area contributed by atoms with Gasteiger partial charge in [0.1, 0.15) is 11.1 Å². The van der Waals surface area contributed by atoms with Gasteiger partial charge in [0.15, 0.2) is 15.0 Å². The van der Waals surface area contributed by atoms with Crippen LogP contribution >= 0.6 is 11.8 Å². The molecule has 2 aromatic rings. The average Bonchev–Trinajstić information content (AvgIpc) is 3.32. The molecule has 0 spiro atoms. The van der Waals surface area contributed by atoms with Crippen molar-refractivity contribution in [2.75, 3.05) is 11.5 Å². The second-order valence-electron chi connectivity index (χ2n) is 7.53. The van der Waals surface area contributed by atoms with Gasteiger partial charge in [-0.25, -0.2) is 8.42 Å². The summed E-state index contributed by atoms with van der Waals surface area (Å²) in [6.45, 7) is 4.28. The summed E-state index contributed by atoms with van der Waals surface area (Å²) in [7, 11) is -3.03. The highest BCUT2D eigenvalue weighted by molar-refractivity contribution is 8.00. The molecule has 1 amide bonds. The van der Waals surface area contributed by atoms with Gasteiger partial charge >= 0.3 is 0 Å². The standard InChI is InChI=1S/C20H24N4O3S2/c1-2-11-24-18(15-10-12-29(26,27)13-15)22-23-20(24)28-17(14-6-4-3-5-7-14)19(25)21-16-8-9-16/h2-7,15-17H,1,8-13H2,(H,21,25)/t15-,17+/m0/s1. The molecule has 2 aliphatic rings. The lowest BCUT2D eigenvalue weighted by atomic mass is 10.1. The molecule has 154 valence electrons. The summed E-state index contributed by atoms with van der Waals surface area (Å²) < 4.78 is 25.7. The Balaban J connectivity index is 1.63. The minimum Gasteiger partial charge on any atom is -0.352 e. The van der Waals surface area contributed by atoms with Crippen LogP contribution in [0.1, 0.15) is 41.8 Å². The van der Waals surface area contributed by atoms with E-state index in [1.165, 1.54) is 11.8 Å². The molecule has 1 aromatic heterocycles. The van der Waals surface area contributed by atoms with Crippen molar-refractivity contribution in [2.45, 2.75) is 48.2 Å². The largest absolute Gasteiger partial charge is 0.352 e. The predicted octanol–water partition coefficient (Wildman–Crippen LogP) is 2.48. The first kappa shape index (κ1) is 20.2. The highest BCUT2D eigenvalue weighted by Crippen LogP contribution is 2.37. The van der Waals surface area contributed by atoms with Crippen molar-refractivity contribution >= 4 is 27.5 Å². The Labute approximate surface area is 174 Å². The molecule has 1 saturated heterocycles. The highest BCUT2D eigenvalue weighted by Gasteiger charge is 2.35. The maximum absolute atomic E-state index is 12.9. The lowest BCUT2D eigenvalue weighted by Crippen LogP contribution is -2.30. The number of allylic oxidation sites excluding steroid dienone is 1. The molecule has 1 aliphatic heterocycles. The Hall–Kier alpha value is -2.13. The molecule has 1 aliphatic carbocycles. The van der Waals surface area contributed by atoms with Gasteiger partial charge in [-0.05, 0) is 24.8 Å². The number of hydrogen-bond donors (Lipinski definition) is 1. The number of hydrogen-bond acceptors (Lipinski definition) is 6. The molecule has 9 heteroatoms. The number of rotatable bonds is 8. The second-order valence-corrected chi connectivity index (χ2v) is 10.8. The van der Waals surface area contributed by atoms with Crippen LogP contribution in [0.5, 0.6) is 0 Å². The van der Waals surface area contributed by atoms with E-state index in [0.717, 1.165) is 18.4 Å². The SMILES string of the molecule is C=CCn1c(S[C@@H](C(=O)NC2CC2)c2ccccc2)nnc1[C@H]1CCS(=O)(=O)C1. The molecule has 0 bridgehead atoms. The first-order valence-corrected chi connectivity index (χ1v) is 12.4. The number of carbonyl (C=O) groups is 1. The zero-order chi connectivity index (χ0) is 20.4. The molecule has 2 heterocycles. The number of nitrogens with zero attached hydrogens (tertiary/aromatic N) is 3. The summed E-state index contributed by atoms with van der Waals surface area (Å²) in [5.41, 5.74) is 0.897. The van der Waals surface area contributed by atoms with Gasteiger partial charge < -0.3 is 9.88 Å². The Morgan fingerprint density at radius 1 is 1.28 bits per heavy atom. The van der Waals surface area contributed by atoms with E-state index in [4.69, 9.17) is 0 Å². The minimum absolute atomic E-state index is 0.0400. The van der Waals surface area contributed by atoms with E-state index in [-0.39, 0.29) is 29.4 Å². The van der Waals surface area contributed by atoms with Crippen LogP contribution in [0, 0.1) is 0 Å². The van der Waals surface area contributed by atoms with E-state index in [9.17, 15) is 13.2 Å². The van der Waals surface area contributed by atoms with Gasteiger partial charge in [0.05, 0.1) is 11.5 Å². The average molecular weight is 433 g/mol. The fraction of sp³-hybridized carbons (Fsp3) is 0.450. The highest BCUT2D eigenvalue weighted by atomic mass is 32.2. The first-order valence-electron chi connectivity index (χ1n) is 9.73. The van der Waals surface area contributed by atoms with Gasteiger partial charge in [0.25, 0.3) is 0 Å². The third-order valence-electron chi connectivity index (χ3n) is 5.14. The fourth-order valence-electron chi connectivity index (χ4n) is 3.50. The van der Waals surface area contributed by atoms with Crippen molar-refractivity contribution < 1.29 is 13.2 Å². The predicted molar refractivity (Wildman–Crippen MR) is 112 cm³/mol. The fourth-order valence-corrected chi connectivity index (χ4v) is 6.30. The van der Waals surface area contributed by atoms with E-state index in [2.05, 4.69) is 22.1 Å². The van der Waals surface area contributed by atoms with Gasteiger partial charge in [-0.3, -0.25) is 4.79 Å². The van der Waals surface area contributed by atoms with Crippen LogP contribution in [0.15, 0.2) is 48.1 Å². The van der Waals surface area contributed by atoms with Crippen LogP contribution in [0.25, 0.3) is 0 Å². The molecule has 1 aromatic carbocycles. The van der Waals surface area contributed by atoms with E-state index < -0.39 is 15.1 Å². The summed E-state index contributed by atoms with van der Waals surface area (Å²) in [6.07, 6.45) is 4.32. The summed E-state index contributed by atoms with van der Waals surface area (Å²) in [5, 5.41) is 11.9. The van der Waals surface area contributed by atoms with Crippen LogP contribution in [-0.2, 0) is 21.2 Å². The first-order chi connectivity index (χ1) is 14.0. The maximum Gasteiger partial charge on any atom is 0.238 e. The second kappa shape index (κ2) is 8.31. The number of sulfone groups is 1. The maximum atomic E-state index is 12.9. The Kier molecular flexibility index (Phi) is 5.78. The van der Waals surface area contributed by atoms with Crippen LogP contribution in [0.4, 0.5) is 0 Å². The van der Waals surface area contributed by atoms with E-state index in [0.29, 0.717) is 23.9 Å². The van der Waals surface area contributed by atoms with Crippen LogP contribution < -0.4 is 5.32 Å². The van der Waals surface area contributed by atoms with Crippen molar-refractivity contribution in [3.8, 4) is 0 Å². The number of carbonyl (C=O) groups excluding carboxylic acids is 1. The Bertz CT molecular complexity index is 1000. The Morgan fingerprint density at radius 2 is 2.03 bits per heavy atom. The lowest BCUT2D eigenvalue weighted by molar-refractivity contribution is -0.120. The van der Waals surface area contributed by atoms with Crippen LogP contribution in [0.3, 0.4) is 0 Å². The summed E-state index contributed by atoms with van der Waals surface area (Å²) >= 11 is 1.35. The molecule has 1 saturated carbocycles. The summed E-state index contributed by atoms with van der Waals surface area (Å²) in [5.74, 6) is 0.719. The quantitative estimate of drug-likeness (QED) is 0.509. The minimum atomic E-state index is -3.03. The number of thioether (sulfide) groups is 1. The Morgan fingerprint density at radius 3 is 2.66 bits per heavy atom. The zero-order valence-electron chi connectivity index (χ0n) is 16.0. The van der Waals surface area contributed by atoms with Crippen molar-refractivity contribution in [2.24, 2.45) is 0 Å². The molecular formula is C20H24N4O3S2. The molecule has 0 radical (unpaired) electrons. The van der Waals surface area contributed by atoms with Crippen molar-refractivity contribution in [3.63, 3.8) is 0 Å².